The molecule has 0 aromatic heterocycles. The third-order valence-corrected chi connectivity index (χ3v) is 3.56. The van der Waals surface area contributed by atoms with Gasteiger partial charge in [0, 0.05) is 12.8 Å². The quantitative estimate of drug-likeness (QED) is 0.520. The molecule has 0 spiro atoms. The zero-order chi connectivity index (χ0) is 12.8. The molecule has 0 heterocycles. The normalized spacial score (nSPS) is 18.5. The van der Waals surface area contributed by atoms with Gasteiger partial charge in [-0.15, -0.1) is 0 Å². The Bertz CT molecular complexity index is 295. The molecular formula is C15H24O2. The molecule has 96 valence electrons. The largest absolute Gasteiger partial charge is 0.299 e. The number of Topliss-reactive ketones (excluding diaryl/α,β-unsaturated/α-hetero) is 2. The fourth-order valence-corrected chi connectivity index (χ4v) is 2.35. The summed E-state index contributed by atoms with van der Waals surface area (Å²) >= 11 is 0. The lowest BCUT2D eigenvalue weighted by Crippen LogP contribution is -2.15. The average Bonchev–Trinajstić information content (AvgIpc) is 2.55. The molecule has 1 fully saturated rings. The molecule has 0 bridgehead atoms. The highest BCUT2D eigenvalue weighted by Gasteiger charge is 2.32. The van der Waals surface area contributed by atoms with E-state index in [1.54, 1.807) is 0 Å². The molecule has 0 aromatic rings. The van der Waals surface area contributed by atoms with Crippen LogP contribution >= 0.6 is 0 Å². The number of allylic oxidation sites excluding steroid dienone is 2. The van der Waals surface area contributed by atoms with E-state index in [1.807, 2.05) is 0 Å². The van der Waals surface area contributed by atoms with E-state index in [1.165, 1.54) is 5.57 Å². The van der Waals surface area contributed by atoms with Crippen LogP contribution in [-0.4, -0.2) is 11.6 Å². The lowest BCUT2D eigenvalue weighted by Gasteiger charge is -2.12. The summed E-state index contributed by atoms with van der Waals surface area (Å²) in [7, 11) is 0. The monoisotopic (exact) mass is 236 g/mol. The molecule has 2 heteroatoms. The number of hydrogen-bond donors (Lipinski definition) is 0. The number of hydrogen-bond acceptors (Lipinski definition) is 2. The minimum absolute atomic E-state index is 0.173. The van der Waals surface area contributed by atoms with E-state index in [0.717, 1.165) is 25.7 Å². The van der Waals surface area contributed by atoms with Gasteiger partial charge in [-0.05, 0) is 45.4 Å². The highest BCUT2D eigenvalue weighted by Crippen LogP contribution is 2.25. The molecule has 1 atom stereocenters. The van der Waals surface area contributed by atoms with Crippen molar-refractivity contribution in [1.82, 2.24) is 0 Å². The maximum absolute atomic E-state index is 11.5. The fourth-order valence-electron chi connectivity index (χ4n) is 2.35. The Morgan fingerprint density at radius 1 is 1.24 bits per heavy atom. The van der Waals surface area contributed by atoms with Crippen molar-refractivity contribution in [3.05, 3.63) is 11.6 Å². The van der Waals surface area contributed by atoms with Gasteiger partial charge >= 0.3 is 0 Å². The maximum Gasteiger partial charge on any atom is 0.143 e. The fraction of sp³-hybridized carbons (Fsp3) is 0.733. The highest BCUT2D eigenvalue weighted by molar-refractivity contribution is 6.08. The predicted molar refractivity (Wildman–Crippen MR) is 69.8 cm³/mol. The summed E-state index contributed by atoms with van der Waals surface area (Å²) in [6, 6.07) is 0. The minimum Gasteiger partial charge on any atom is -0.299 e. The molecule has 1 aliphatic rings. The van der Waals surface area contributed by atoms with Crippen LogP contribution in [0.25, 0.3) is 0 Å². The van der Waals surface area contributed by atoms with E-state index in [2.05, 4.69) is 26.8 Å². The summed E-state index contributed by atoms with van der Waals surface area (Å²) in [5.74, 6) is 0.686. The van der Waals surface area contributed by atoms with E-state index in [-0.39, 0.29) is 17.5 Å². The Morgan fingerprint density at radius 2 is 1.82 bits per heavy atom. The second-order valence-electron chi connectivity index (χ2n) is 5.53. The molecule has 0 aliphatic heterocycles. The highest BCUT2D eigenvalue weighted by atomic mass is 16.2. The van der Waals surface area contributed by atoms with Gasteiger partial charge < -0.3 is 0 Å². The van der Waals surface area contributed by atoms with Crippen LogP contribution in [0, 0.1) is 11.8 Å². The van der Waals surface area contributed by atoms with Crippen molar-refractivity contribution >= 4 is 11.6 Å². The first-order valence-corrected chi connectivity index (χ1v) is 6.69. The Labute approximate surface area is 104 Å². The Morgan fingerprint density at radius 3 is 2.35 bits per heavy atom. The van der Waals surface area contributed by atoms with Gasteiger partial charge in [0.15, 0.2) is 0 Å². The van der Waals surface area contributed by atoms with Crippen molar-refractivity contribution in [3.8, 4) is 0 Å². The van der Waals surface area contributed by atoms with Gasteiger partial charge in [-0.25, -0.2) is 0 Å². The van der Waals surface area contributed by atoms with Gasteiger partial charge in [0.1, 0.15) is 11.6 Å². The molecule has 1 rings (SSSR count). The van der Waals surface area contributed by atoms with Gasteiger partial charge in [0.2, 0.25) is 0 Å². The molecule has 0 saturated heterocycles. The van der Waals surface area contributed by atoms with Crippen molar-refractivity contribution in [2.24, 2.45) is 11.8 Å². The third-order valence-electron chi connectivity index (χ3n) is 3.56. The molecular weight excluding hydrogens is 212 g/mol. The summed E-state index contributed by atoms with van der Waals surface area (Å²) in [6.07, 6.45) is 7.25. The van der Waals surface area contributed by atoms with E-state index >= 15 is 0 Å². The van der Waals surface area contributed by atoms with Crippen molar-refractivity contribution in [1.29, 1.82) is 0 Å². The molecule has 2 nitrogen and oxygen atoms in total. The van der Waals surface area contributed by atoms with Gasteiger partial charge in [0.25, 0.3) is 0 Å². The number of rotatable bonds is 6. The predicted octanol–water partition coefficient (Wildman–Crippen LogP) is 3.70. The third kappa shape index (κ3) is 4.84. The van der Waals surface area contributed by atoms with Gasteiger partial charge in [0.05, 0.1) is 5.92 Å². The van der Waals surface area contributed by atoms with Crippen LogP contribution in [-0.2, 0) is 9.59 Å². The lowest BCUT2D eigenvalue weighted by molar-refractivity contribution is -0.127. The number of carbonyl (C=O) groups excluding carboxylic acids is 2. The number of ketones is 2. The molecule has 0 amide bonds. The maximum atomic E-state index is 11.5. The first-order chi connectivity index (χ1) is 8.00. The lowest BCUT2D eigenvalue weighted by atomic mass is 9.92. The smallest absolute Gasteiger partial charge is 0.143 e. The first-order valence-electron chi connectivity index (χ1n) is 6.69. The summed E-state index contributed by atoms with van der Waals surface area (Å²) < 4.78 is 0. The second-order valence-corrected chi connectivity index (χ2v) is 5.53. The van der Waals surface area contributed by atoms with Crippen LogP contribution in [0.2, 0.25) is 0 Å². The molecule has 0 N–H and O–H groups in total. The van der Waals surface area contributed by atoms with Gasteiger partial charge in [-0.3, -0.25) is 9.59 Å². The zero-order valence-corrected chi connectivity index (χ0v) is 11.3. The van der Waals surface area contributed by atoms with Crippen LogP contribution in [0.5, 0.6) is 0 Å². The van der Waals surface area contributed by atoms with E-state index in [0.29, 0.717) is 18.8 Å². The summed E-state index contributed by atoms with van der Waals surface area (Å²) in [4.78, 5) is 22.9. The van der Waals surface area contributed by atoms with Crippen molar-refractivity contribution in [3.63, 3.8) is 0 Å². The first kappa shape index (κ1) is 14.1. The molecule has 0 unspecified atom stereocenters. The van der Waals surface area contributed by atoms with Gasteiger partial charge in [-0.2, -0.15) is 0 Å². The Kier molecular flexibility index (Phi) is 5.60. The molecule has 0 radical (unpaired) electrons. The second kappa shape index (κ2) is 6.73. The Hall–Kier alpha value is -0.920. The van der Waals surface area contributed by atoms with Crippen LogP contribution in [0.1, 0.15) is 59.3 Å². The topological polar surface area (TPSA) is 34.1 Å². The summed E-state index contributed by atoms with van der Waals surface area (Å²) in [5, 5.41) is 0. The van der Waals surface area contributed by atoms with Crippen LogP contribution in [0.4, 0.5) is 0 Å². The molecule has 0 aromatic carbocycles. The zero-order valence-electron chi connectivity index (χ0n) is 11.3. The van der Waals surface area contributed by atoms with Gasteiger partial charge in [-0.1, -0.05) is 18.6 Å². The molecule has 1 saturated carbocycles. The van der Waals surface area contributed by atoms with E-state index in [9.17, 15) is 9.59 Å². The average molecular weight is 236 g/mol. The minimum atomic E-state index is -0.263. The van der Waals surface area contributed by atoms with Crippen LogP contribution in [0.3, 0.4) is 0 Å². The van der Waals surface area contributed by atoms with Crippen molar-refractivity contribution in [2.45, 2.75) is 59.3 Å². The van der Waals surface area contributed by atoms with Crippen LogP contribution < -0.4 is 0 Å². The summed E-state index contributed by atoms with van der Waals surface area (Å²) in [5.41, 5.74) is 1.36. The molecule has 17 heavy (non-hydrogen) atoms. The Balaban J connectivity index is 2.23. The van der Waals surface area contributed by atoms with Crippen LogP contribution in [0.15, 0.2) is 11.6 Å². The van der Waals surface area contributed by atoms with E-state index in [4.69, 9.17) is 0 Å². The SMILES string of the molecule is CC(C)=CCC[C@@H](C)CCC1C(=O)CCC1=O. The van der Waals surface area contributed by atoms with Crippen molar-refractivity contribution < 1.29 is 9.59 Å². The van der Waals surface area contributed by atoms with Crippen molar-refractivity contribution in [2.75, 3.05) is 0 Å². The summed E-state index contributed by atoms with van der Waals surface area (Å²) in [6.45, 7) is 6.43. The van der Waals surface area contributed by atoms with E-state index < -0.39 is 0 Å². The molecule has 1 aliphatic carbocycles. The number of carbonyl (C=O) groups is 2. The standard InChI is InChI=1S/C15H24O2/c1-11(2)5-4-6-12(3)7-8-13-14(16)9-10-15(13)17/h5,12-13H,4,6-10H2,1-3H3/t12-/m1/s1.